The molecule has 0 aliphatic heterocycles. The van der Waals surface area contributed by atoms with E-state index in [9.17, 15) is 0 Å². The van der Waals surface area contributed by atoms with E-state index in [1.807, 2.05) is 19.1 Å². The van der Waals surface area contributed by atoms with Crippen LogP contribution in [0.3, 0.4) is 0 Å². The maximum Gasteiger partial charge on any atom is 0.192 e. The number of hydrogen-bond donors (Lipinski definition) is 0. The smallest absolute Gasteiger partial charge is 0.192 e. The highest BCUT2D eigenvalue weighted by Crippen LogP contribution is 2.31. The first-order valence-electron chi connectivity index (χ1n) is 3.82. The van der Waals surface area contributed by atoms with E-state index in [1.165, 1.54) is 0 Å². The number of aryl methyl sites for hydroxylation is 1. The molecule has 0 fully saturated rings. The van der Waals surface area contributed by atoms with Gasteiger partial charge in [0.1, 0.15) is 5.75 Å². The first-order valence-corrected chi connectivity index (χ1v) is 4.61. The van der Waals surface area contributed by atoms with Gasteiger partial charge in [0.25, 0.3) is 0 Å². The third-order valence-electron chi connectivity index (χ3n) is 1.79. The lowest BCUT2D eigenvalue weighted by Gasteiger charge is -1.99. The molecule has 2 rings (SSSR count). The second-order valence-corrected chi connectivity index (χ2v) is 3.51. The molecule has 1 aromatic carbocycles. The van der Waals surface area contributed by atoms with Gasteiger partial charge in [0.05, 0.1) is 11.6 Å². The second-order valence-electron chi connectivity index (χ2n) is 2.66. The minimum Gasteiger partial charge on any atom is -0.494 e. The summed E-state index contributed by atoms with van der Waals surface area (Å²) in [6.45, 7) is 1.81. The number of nitrogens with zero attached hydrogens (tertiary/aromatic N) is 1. The van der Waals surface area contributed by atoms with Crippen LogP contribution in [0.2, 0.25) is 0 Å². The van der Waals surface area contributed by atoms with Crippen LogP contribution in [0.5, 0.6) is 5.75 Å². The summed E-state index contributed by atoms with van der Waals surface area (Å²) < 4.78 is 11.4. The summed E-state index contributed by atoms with van der Waals surface area (Å²) in [4.78, 5) is 4.22. The highest BCUT2D eigenvalue weighted by atomic mass is 79.9. The van der Waals surface area contributed by atoms with Crippen molar-refractivity contribution < 1.29 is 9.15 Å². The van der Waals surface area contributed by atoms with Crippen molar-refractivity contribution in [2.75, 3.05) is 7.11 Å². The monoisotopic (exact) mass is 241 g/mol. The van der Waals surface area contributed by atoms with Gasteiger partial charge in [0, 0.05) is 6.92 Å². The van der Waals surface area contributed by atoms with Crippen LogP contribution in [0.1, 0.15) is 5.89 Å². The lowest BCUT2D eigenvalue weighted by molar-refractivity contribution is 0.419. The highest BCUT2D eigenvalue weighted by molar-refractivity contribution is 9.10. The Labute approximate surface area is 83.8 Å². The highest BCUT2D eigenvalue weighted by Gasteiger charge is 2.10. The Morgan fingerprint density at radius 2 is 2.23 bits per heavy atom. The molecule has 0 spiro atoms. The Morgan fingerprint density at radius 3 is 2.92 bits per heavy atom. The van der Waals surface area contributed by atoms with Crippen molar-refractivity contribution in [1.29, 1.82) is 0 Å². The quantitative estimate of drug-likeness (QED) is 0.771. The molecule has 0 aliphatic carbocycles. The SMILES string of the molecule is COc1ccc(Br)c2oc(C)nc12. The number of methoxy groups -OCH3 is 1. The van der Waals surface area contributed by atoms with E-state index in [0.717, 1.165) is 21.3 Å². The van der Waals surface area contributed by atoms with Crippen LogP contribution in [0, 0.1) is 6.92 Å². The molecular formula is C9H8BrNO2. The Morgan fingerprint density at radius 1 is 1.46 bits per heavy atom. The van der Waals surface area contributed by atoms with E-state index in [1.54, 1.807) is 7.11 Å². The van der Waals surface area contributed by atoms with Crippen molar-refractivity contribution in [3.63, 3.8) is 0 Å². The number of benzene rings is 1. The van der Waals surface area contributed by atoms with Crippen molar-refractivity contribution in [2.24, 2.45) is 0 Å². The first kappa shape index (κ1) is 8.56. The first-order chi connectivity index (χ1) is 6.22. The van der Waals surface area contributed by atoms with Crippen molar-refractivity contribution in [1.82, 2.24) is 4.98 Å². The van der Waals surface area contributed by atoms with Crippen molar-refractivity contribution >= 4 is 27.0 Å². The summed E-state index contributed by atoms with van der Waals surface area (Å²) >= 11 is 3.38. The van der Waals surface area contributed by atoms with Crippen LogP contribution in [-0.2, 0) is 0 Å². The van der Waals surface area contributed by atoms with Gasteiger partial charge in [-0.05, 0) is 28.1 Å². The van der Waals surface area contributed by atoms with Gasteiger partial charge in [-0.1, -0.05) is 0 Å². The molecule has 0 atom stereocenters. The number of aromatic nitrogens is 1. The average molecular weight is 242 g/mol. The molecule has 0 aliphatic rings. The summed E-state index contributed by atoms with van der Waals surface area (Å²) in [6, 6.07) is 3.74. The van der Waals surface area contributed by atoms with Crippen LogP contribution in [0.25, 0.3) is 11.1 Å². The normalized spacial score (nSPS) is 10.7. The predicted molar refractivity (Wildman–Crippen MR) is 53.0 cm³/mol. The number of hydrogen-bond acceptors (Lipinski definition) is 3. The van der Waals surface area contributed by atoms with Gasteiger partial charge in [-0.25, -0.2) is 4.98 Å². The van der Waals surface area contributed by atoms with Crippen LogP contribution in [0.4, 0.5) is 0 Å². The molecule has 0 radical (unpaired) electrons. The molecule has 0 amide bonds. The fourth-order valence-corrected chi connectivity index (χ4v) is 1.63. The Kier molecular flexibility index (Phi) is 2.00. The zero-order valence-corrected chi connectivity index (χ0v) is 8.88. The van der Waals surface area contributed by atoms with Gasteiger partial charge >= 0.3 is 0 Å². The molecule has 0 bridgehead atoms. The number of ether oxygens (including phenoxy) is 1. The van der Waals surface area contributed by atoms with Crippen molar-refractivity contribution in [3.05, 3.63) is 22.5 Å². The van der Waals surface area contributed by atoms with Gasteiger partial charge in [-0.2, -0.15) is 0 Å². The molecule has 0 saturated carbocycles. The average Bonchev–Trinajstić information content (AvgIpc) is 2.48. The van der Waals surface area contributed by atoms with Crippen LogP contribution in [-0.4, -0.2) is 12.1 Å². The van der Waals surface area contributed by atoms with Gasteiger partial charge in [-0.3, -0.25) is 0 Å². The predicted octanol–water partition coefficient (Wildman–Crippen LogP) is 2.91. The van der Waals surface area contributed by atoms with Gasteiger partial charge in [-0.15, -0.1) is 0 Å². The topological polar surface area (TPSA) is 35.3 Å². The van der Waals surface area contributed by atoms with Crippen LogP contribution >= 0.6 is 15.9 Å². The lowest BCUT2D eigenvalue weighted by atomic mass is 10.3. The minimum absolute atomic E-state index is 0.639. The summed E-state index contributed by atoms with van der Waals surface area (Å²) in [7, 11) is 1.62. The van der Waals surface area contributed by atoms with Gasteiger partial charge < -0.3 is 9.15 Å². The molecular weight excluding hydrogens is 234 g/mol. The van der Waals surface area contributed by atoms with Crippen LogP contribution in [0.15, 0.2) is 21.0 Å². The lowest BCUT2D eigenvalue weighted by Crippen LogP contribution is -1.84. The fourth-order valence-electron chi connectivity index (χ4n) is 1.22. The number of fused-ring (bicyclic) bond motifs is 1. The third-order valence-corrected chi connectivity index (χ3v) is 2.41. The maximum absolute atomic E-state index is 5.40. The summed E-state index contributed by atoms with van der Waals surface area (Å²) in [5.74, 6) is 1.37. The Bertz CT molecular complexity index is 450. The molecule has 4 heteroatoms. The summed E-state index contributed by atoms with van der Waals surface area (Å²) in [6.07, 6.45) is 0. The molecule has 13 heavy (non-hydrogen) atoms. The largest absolute Gasteiger partial charge is 0.494 e. The molecule has 68 valence electrons. The summed E-state index contributed by atoms with van der Waals surface area (Å²) in [5, 5.41) is 0. The molecule has 2 aromatic rings. The Balaban J connectivity index is 2.83. The van der Waals surface area contributed by atoms with E-state index < -0.39 is 0 Å². The fraction of sp³-hybridized carbons (Fsp3) is 0.222. The van der Waals surface area contributed by atoms with Crippen molar-refractivity contribution in [3.8, 4) is 5.75 Å². The maximum atomic E-state index is 5.40. The van der Waals surface area contributed by atoms with E-state index in [-0.39, 0.29) is 0 Å². The molecule has 0 saturated heterocycles. The zero-order valence-electron chi connectivity index (χ0n) is 7.30. The van der Waals surface area contributed by atoms with Gasteiger partial charge in [0.2, 0.25) is 0 Å². The number of rotatable bonds is 1. The van der Waals surface area contributed by atoms with E-state index in [0.29, 0.717) is 5.89 Å². The Hall–Kier alpha value is -1.03. The van der Waals surface area contributed by atoms with E-state index in [4.69, 9.17) is 9.15 Å². The third kappa shape index (κ3) is 1.31. The zero-order chi connectivity index (χ0) is 9.42. The molecule has 1 aromatic heterocycles. The second kappa shape index (κ2) is 3.03. The molecule has 1 heterocycles. The standard InChI is InChI=1S/C9H8BrNO2/c1-5-11-8-7(12-2)4-3-6(10)9(8)13-5/h3-4H,1-2H3. The molecule has 0 N–H and O–H groups in total. The molecule has 3 nitrogen and oxygen atoms in total. The summed E-state index contributed by atoms with van der Waals surface area (Å²) in [5.41, 5.74) is 1.49. The van der Waals surface area contributed by atoms with Crippen LogP contribution < -0.4 is 4.74 Å². The van der Waals surface area contributed by atoms with E-state index >= 15 is 0 Å². The number of oxazole rings is 1. The number of halogens is 1. The molecule has 0 unspecified atom stereocenters. The van der Waals surface area contributed by atoms with E-state index in [2.05, 4.69) is 20.9 Å². The van der Waals surface area contributed by atoms with Gasteiger partial charge in [0.15, 0.2) is 17.0 Å². The van der Waals surface area contributed by atoms with Crippen molar-refractivity contribution in [2.45, 2.75) is 6.92 Å². The minimum atomic E-state index is 0.639.